The van der Waals surface area contributed by atoms with Gasteiger partial charge in [0.2, 0.25) is 0 Å². The molecule has 0 spiro atoms. The van der Waals surface area contributed by atoms with Crippen LogP contribution in [-0.2, 0) is 11.0 Å². The van der Waals surface area contributed by atoms with Gasteiger partial charge in [0.05, 0.1) is 21.8 Å². The molecule has 3 heteroatoms. The van der Waals surface area contributed by atoms with Crippen molar-refractivity contribution >= 4 is 11.0 Å². The van der Waals surface area contributed by atoms with Crippen LogP contribution in [0.2, 0.25) is 0 Å². The van der Waals surface area contributed by atoms with Crippen LogP contribution < -0.4 is 4.72 Å². The highest BCUT2D eigenvalue weighted by Gasteiger charge is 2.23. The van der Waals surface area contributed by atoms with E-state index in [9.17, 15) is 4.21 Å². The van der Waals surface area contributed by atoms with Crippen molar-refractivity contribution in [2.75, 3.05) is 0 Å². The van der Waals surface area contributed by atoms with E-state index in [0.29, 0.717) is 5.92 Å². The molecule has 0 fully saturated rings. The van der Waals surface area contributed by atoms with E-state index in [4.69, 9.17) is 0 Å². The van der Waals surface area contributed by atoms with E-state index < -0.39 is 11.0 Å². The average Bonchev–Trinajstić information content (AvgIpc) is 2.14. The van der Waals surface area contributed by atoms with Gasteiger partial charge in [0.15, 0.2) is 0 Å². The predicted octanol–water partition coefficient (Wildman–Crippen LogP) is 2.87. The number of nitrogens with one attached hydrogen (secondary N) is 1. The van der Waals surface area contributed by atoms with Crippen molar-refractivity contribution in [3.05, 3.63) is 0 Å². The van der Waals surface area contributed by atoms with Crippen molar-refractivity contribution in [2.24, 2.45) is 5.92 Å². The van der Waals surface area contributed by atoms with Crippen LogP contribution in [0.3, 0.4) is 0 Å². The lowest BCUT2D eigenvalue weighted by molar-refractivity contribution is 0.536. The summed E-state index contributed by atoms with van der Waals surface area (Å²) < 4.78 is 14.8. The molecule has 0 aliphatic rings. The van der Waals surface area contributed by atoms with E-state index in [0.717, 1.165) is 12.8 Å². The lowest BCUT2D eigenvalue weighted by Gasteiger charge is -2.23. The van der Waals surface area contributed by atoms with Crippen LogP contribution in [0.4, 0.5) is 0 Å². The van der Waals surface area contributed by atoms with Crippen LogP contribution in [0.25, 0.3) is 0 Å². The third kappa shape index (κ3) is 6.30. The van der Waals surface area contributed by atoms with Crippen molar-refractivity contribution in [1.29, 1.82) is 0 Å². The van der Waals surface area contributed by atoms with Gasteiger partial charge < -0.3 is 0 Å². The third-order valence-corrected chi connectivity index (χ3v) is 3.67. The van der Waals surface area contributed by atoms with Crippen molar-refractivity contribution in [1.82, 2.24) is 4.72 Å². The zero-order valence-electron chi connectivity index (χ0n) is 11.4. The van der Waals surface area contributed by atoms with Crippen LogP contribution >= 0.6 is 0 Å². The Hall–Kier alpha value is -0.330. The number of rotatable bonds is 4. The highest BCUT2D eigenvalue weighted by molar-refractivity contribution is 7.84. The zero-order chi connectivity index (χ0) is 12.8. The summed E-state index contributed by atoms with van der Waals surface area (Å²) in [5, 5.41) is 0. The smallest absolute Gasteiger partial charge is 0.0981 e. The van der Waals surface area contributed by atoms with Crippen molar-refractivity contribution in [3.63, 3.8) is 0 Å². The minimum absolute atomic E-state index is 0.0200. The molecule has 1 N–H and O–H groups in total. The topological polar surface area (TPSA) is 29.1 Å². The summed E-state index contributed by atoms with van der Waals surface area (Å²) in [4.78, 5) is 0. The summed E-state index contributed by atoms with van der Waals surface area (Å²) in [5.74, 6) is 6.67. The first kappa shape index (κ1) is 15.7. The van der Waals surface area contributed by atoms with Gasteiger partial charge in [-0.3, -0.25) is 0 Å². The number of unbranched alkanes of at least 4 members (excludes halogenated alkanes) is 1. The molecule has 2 nitrogen and oxygen atoms in total. The van der Waals surface area contributed by atoms with Crippen LogP contribution in [0.5, 0.6) is 0 Å². The zero-order valence-corrected chi connectivity index (χ0v) is 12.2. The summed E-state index contributed by atoms with van der Waals surface area (Å²) >= 11 is 0. The Labute approximate surface area is 103 Å². The molecule has 0 aromatic carbocycles. The molecule has 0 amide bonds. The van der Waals surface area contributed by atoms with Gasteiger partial charge in [-0.1, -0.05) is 26.7 Å². The van der Waals surface area contributed by atoms with E-state index in [1.54, 1.807) is 0 Å². The molecule has 16 heavy (non-hydrogen) atoms. The lowest BCUT2D eigenvalue weighted by atomic mass is 10.1. The highest BCUT2D eigenvalue weighted by Crippen LogP contribution is 2.11. The van der Waals surface area contributed by atoms with Crippen LogP contribution in [-0.4, -0.2) is 15.0 Å². The summed E-state index contributed by atoms with van der Waals surface area (Å²) in [5.41, 5.74) is 0. The van der Waals surface area contributed by atoms with E-state index in [-0.39, 0.29) is 10.8 Å². The van der Waals surface area contributed by atoms with Gasteiger partial charge in [-0.25, -0.2) is 8.93 Å². The monoisotopic (exact) mass is 243 g/mol. The van der Waals surface area contributed by atoms with E-state index in [2.05, 4.69) is 37.3 Å². The molecule has 0 aromatic heterocycles. The Morgan fingerprint density at radius 3 is 2.25 bits per heavy atom. The molecule has 0 saturated heterocycles. The first-order valence-corrected chi connectivity index (χ1v) is 7.10. The minimum atomic E-state index is -1.05. The maximum absolute atomic E-state index is 11.9. The van der Waals surface area contributed by atoms with Crippen molar-refractivity contribution in [2.45, 2.75) is 65.2 Å². The van der Waals surface area contributed by atoms with Gasteiger partial charge in [0.25, 0.3) is 0 Å². The van der Waals surface area contributed by atoms with Crippen LogP contribution in [0.15, 0.2) is 0 Å². The average molecular weight is 243 g/mol. The number of hydrogen-bond donors (Lipinski definition) is 1. The van der Waals surface area contributed by atoms with Gasteiger partial charge in [0, 0.05) is 6.42 Å². The third-order valence-electron chi connectivity index (χ3n) is 2.09. The second-order valence-electron chi connectivity index (χ2n) is 5.29. The summed E-state index contributed by atoms with van der Waals surface area (Å²) in [7, 11) is -1.05. The molecule has 0 heterocycles. The molecule has 94 valence electrons. The predicted molar refractivity (Wildman–Crippen MR) is 72.3 cm³/mol. The molecule has 2 atom stereocenters. The Balaban J connectivity index is 4.49. The Morgan fingerprint density at radius 2 is 1.88 bits per heavy atom. The van der Waals surface area contributed by atoms with E-state index in [1.807, 2.05) is 20.8 Å². The fraction of sp³-hybridized carbons (Fsp3) is 0.846. The van der Waals surface area contributed by atoms with Gasteiger partial charge in [-0.2, -0.15) is 0 Å². The molecule has 0 saturated carbocycles. The quantitative estimate of drug-likeness (QED) is 0.756. The lowest BCUT2D eigenvalue weighted by Crippen LogP contribution is -2.41. The minimum Gasteiger partial charge on any atom is -0.242 e. The van der Waals surface area contributed by atoms with Crippen LogP contribution in [0.1, 0.15) is 54.4 Å². The van der Waals surface area contributed by atoms with E-state index >= 15 is 0 Å². The second kappa shape index (κ2) is 7.09. The van der Waals surface area contributed by atoms with Crippen molar-refractivity contribution < 1.29 is 4.21 Å². The maximum atomic E-state index is 11.9. The van der Waals surface area contributed by atoms with Crippen LogP contribution in [0, 0.1) is 17.8 Å². The Morgan fingerprint density at radius 1 is 1.31 bits per heavy atom. The summed E-state index contributed by atoms with van der Waals surface area (Å²) in [6, 6.07) is 0.0200. The maximum Gasteiger partial charge on any atom is 0.0981 e. The molecule has 0 aromatic rings. The fourth-order valence-electron chi connectivity index (χ4n) is 0.931. The number of hydrogen-bond acceptors (Lipinski definition) is 1. The van der Waals surface area contributed by atoms with Gasteiger partial charge in [0.1, 0.15) is 0 Å². The summed E-state index contributed by atoms with van der Waals surface area (Å²) in [6.45, 7) is 12.2. The van der Waals surface area contributed by atoms with Gasteiger partial charge in [-0.05, 0) is 33.1 Å². The molecule has 0 bridgehead atoms. The van der Waals surface area contributed by atoms with Crippen molar-refractivity contribution in [3.8, 4) is 11.8 Å². The van der Waals surface area contributed by atoms with E-state index in [1.165, 1.54) is 0 Å². The second-order valence-corrected chi connectivity index (χ2v) is 7.29. The molecule has 0 aliphatic carbocycles. The van der Waals surface area contributed by atoms with Gasteiger partial charge in [-0.15, -0.1) is 5.92 Å². The highest BCUT2D eigenvalue weighted by atomic mass is 32.2. The fourth-order valence-corrected chi connectivity index (χ4v) is 1.85. The SMILES string of the molecule is CCCC#C[C@H](N[S@](=O)C(C)(C)C)C(C)C. The molecule has 0 aliphatic heterocycles. The molecule has 0 radical (unpaired) electrons. The molecule has 0 unspecified atom stereocenters. The molecular weight excluding hydrogens is 218 g/mol. The largest absolute Gasteiger partial charge is 0.242 e. The molecular formula is C13H25NOS. The normalized spacial score (nSPS) is 15.4. The first-order valence-electron chi connectivity index (χ1n) is 5.95. The first-order chi connectivity index (χ1) is 7.29. The standard InChI is InChI=1S/C13H25NOS/c1-7-8-9-10-12(11(2)3)14-16(15)13(4,5)6/h11-12,14H,7-8H2,1-6H3/t12-,16+/m0/s1. The van der Waals surface area contributed by atoms with Gasteiger partial charge >= 0.3 is 0 Å². The Bertz CT molecular complexity index is 281. The Kier molecular flexibility index (Phi) is 6.94. The summed E-state index contributed by atoms with van der Waals surface area (Å²) in [6.07, 6.45) is 1.98. The molecule has 0 rings (SSSR count).